The van der Waals surface area contributed by atoms with Crippen LogP contribution >= 0.6 is 0 Å². The highest BCUT2D eigenvalue weighted by atomic mass is 32.2. The molecule has 3 atom stereocenters. The van der Waals surface area contributed by atoms with Gasteiger partial charge in [0.15, 0.2) is 4.90 Å². The van der Waals surface area contributed by atoms with E-state index >= 15 is 0 Å². The van der Waals surface area contributed by atoms with Crippen molar-refractivity contribution in [1.29, 1.82) is 0 Å². The molecule has 1 aromatic rings. The average molecular weight is 284 g/mol. The maximum absolute atomic E-state index is 12.3. The van der Waals surface area contributed by atoms with Gasteiger partial charge in [-0.1, -0.05) is 19.1 Å². The molecule has 0 spiro atoms. The van der Waals surface area contributed by atoms with E-state index < -0.39 is 32.7 Å². The lowest BCUT2D eigenvalue weighted by molar-refractivity contribution is -0.387. The van der Waals surface area contributed by atoms with Crippen LogP contribution in [0.15, 0.2) is 29.2 Å². The second kappa shape index (κ2) is 4.71. The number of aldehydes is 1. The van der Waals surface area contributed by atoms with Crippen LogP contribution in [-0.2, 0) is 14.8 Å². The minimum Gasteiger partial charge on any atom is -0.302 e. The van der Waals surface area contributed by atoms with Crippen LogP contribution in [0.25, 0.3) is 0 Å². The summed E-state index contributed by atoms with van der Waals surface area (Å²) in [5.41, 5.74) is -0.478. The number of nitro groups is 1. The van der Waals surface area contributed by atoms with Crippen molar-refractivity contribution in [3.8, 4) is 0 Å². The molecular weight excluding hydrogens is 272 g/mol. The van der Waals surface area contributed by atoms with E-state index in [2.05, 4.69) is 0 Å². The topological polar surface area (TPSA) is 97.4 Å². The van der Waals surface area contributed by atoms with Gasteiger partial charge in [-0.3, -0.25) is 10.1 Å². The van der Waals surface area contributed by atoms with Crippen molar-refractivity contribution in [2.24, 2.45) is 0 Å². The van der Waals surface area contributed by atoms with E-state index in [0.29, 0.717) is 12.7 Å². The van der Waals surface area contributed by atoms with E-state index in [1.54, 1.807) is 6.92 Å². The monoisotopic (exact) mass is 284 g/mol. The Morgan fingerprint density at radius 1 is 1.42 bits per heavy atom. The van der Waals surface area contributed by atoms with Gasteiger partial charge in [-0.25, -0.2) is 8.42 Å². The molecule has 0 N–H and O–H groups in total. The molecule has 1 saturated heterocycles. The summed E-state index contributed by atoms with van der Waals surface area (Å²) in [5.74, 6) is 0. The Hall–Kier alpha value is -1.80. The van der Waals surface area contributed by atoms with E-state index in [1.807, 2.05) is 0 Å². The van der Waals surface area contributed by atoms with Gasteiger partial charge in [-0.05, 0) is 12.5 Å². The van der Waals surface area contributed by atoms with Gasteiger partial charge in [0.2, 0.25) is 0 Å². The van der Waals surface area contributed by atoms with Crippen LogP contribution in [0.5, 0.6) is 0 Å². The van der Waals surface area contributed by atoms with Crippen molar-refractivity contribution in [3.05, 3.63) is 34.4 Å². The lowest BCUT2D eigenvalue weighted by Gasteiger charge is -2.06. The molecule has 2 rings (SSSR count). The quantitative estimate of drug-likeness (QED) is 0.347. The number of carbonyl (C=O) groups excluding carboxylic acids is 1. The van der Waals surface area contributed by atoms with Gasteiger partial charge in [-0.2, -0.15) is 4.31 Å². The van der Waals surface area contributed by atoms with Crippen molar-refractivity contribution < 1.29 is 18.1 Å². The Labute approximate surface area is 110 Å². The van der Waals surface area contributed by atoms with Crippen molar-refractivity contribution >= 4 is 22.0 Å². The summed E-state index contributed by atoms with van der Waals surface area (Å²) in [5, 5.41) is 10.9. The van der Waals surface area contributed by atoms with Gasteiger partial charge in [0.05, 0.1) is 11.0 Å². The number of nitrogens with zero attached hydrogens (tertiary/aromatic N) is 2. The zero-order valence-electron chi connectivity index (χ0n) is 10.1. The van der Waals surface area contributed by atoms with Crippen LogP contribution in [0.3, 0.4) is 0 Å². The van der Waals surface area contributed by atoms with Gasteiger partial charge in [0.1, 0.15) is 6.29 Å². The first-order chi connectivity index (χ1) is 8.95. The predicted octanol–water partition coefficient (Wildman–Crippen LogP) is 0.945. The van der Waals surface area contributed by atoms with Gasteiger partial charge >= 0.3 is 0 Å². The first-order valence-electron chi connectivity index (χ1n) is 5.67. The summed E-state index contributed by atoms with van der Waals surface area (Å²) in [6.07, 6.45) is 1.05. The predicted molar refractivity (Wildman–Crippen MR) is 66.1 cm³/mol. The van der Waals surface area contributed by atoms with E-state index in [-0.39, 0.29) is 4.90 Å². The first kappa shape index (κ1) is 13.6. The highest BCUT2D eigenvalue weighted by Gasteiger charge is 2.55. The molecule has 1 heterocycles. The largest absolute Gasteiger partial charge is 0.302 e. The zero-order valence-corrected chi connectivity index (χ0v) is 10.9. The van der Waals surface area contributed by atoms with Crippen molar-refractivity contribution in [1.82, 2.24) is 4.31 Å². The third kappa shape index (κ3) is 2.13. The Kier molecular flexibility index (Phi) is 3.38. The lowest BCUT2D eigenvalue weighted by atomic mass is 10.3. The normalized spacial score (nSPS) is 25.8. The minimum absolute atomic E-state index is 0.372. The number of benzene rings is 1. The Morgan fingerprint density at radius 3 is 2.53 bits per heavy atom. The maximum atomic E-state index is 12.3. The van der Waals surface area contributed by atoms with Crippen molar-refractivity contribution in [2.45, 2.75) is 30.3 Å². The van der Waals surface area contributed by atoms with Crippen LogP contribution < -0.4 is 0 Å². The number of hydrogen-bond acceptors (Lipinski definition) is 5. The number of para-hydroxylation sites is 1. The number of hydrogen-bond donors (Lipinski definition) is 0. The van der Waals surface area contributed by atoms with Crippen molar-refractivity contribution in [3.63, 3.8) is 0 Å². The lowest BCUT2D eigenvalue weighted by Crippen LogP contribution is -2.17. The molecule has 1 fully saturated rings. The molecule has 1 unspecified atom stereocenters. The fourth-order valence-corrected chi connectivity index (χ4v) is 4.10. The zero-order chi connectivity index (χ0) is 14.2. The number of rotatable bonds is 5. The minimum atomic E-state index is -4.00. The summed E-state index contributed by atoms with van der Waals surface area (Å²) in [7, 11) is -4.00. The summed E-state index contributed by atoms with van der Waals surface area (Å²) in [6, 6.07) is 4.01. The average Bonchev–Trinajstić information content (AvgIpc) is 3.12. The molecule has 19 heavy (non-hydrogen) atoms. The summed E-state index contributed by atoms with van der Waals surface area (Å²) in [4.78, 5) is 20.6. The summed E-state index contributed by atoms with van der Waals surface area (Å²) < 4.78 is 25.7. The number of nitro benzene ring substituents is 1. The van der Waals surface area contributed by atoms with Crippen LogP contribution in [0, 0.1) is 10.1 Å². The van der Waals surface area contributed by atoms with Crippen LogP contribution in [0.2, 0.25) is 0 Å². The third-order valence-electron chi connectivity index (χ3n) is 3.10. The fraction of sp³-hybridized carbons (Fsp3) is 0.364. The highest BCUT2D eigenvalue weighted by Crippen LogP contribution is 2.38. The Morgan fingerprint density at radius 2 is 2.05 bits per heavy atom. The Bertz CT molecular complexity index is 628. The van der Waals surface area contributed by atoms with Crippen LogP contribution in [-0.4, -0.2) is 36.0 Å². The molecule has 0 amide bonds. The summed E-state index contributed by atoms with van der Waals surface area (Å²) in [6.45, 7) is 1.76. The molecule has 0 aromatic heterocycles. The third-order valence-corrected chi connectivity index (χ3v) is 5.07. The number of sulfonamides is 1. The first-order valence-corrected chi connectivity index (χ1v) is 7.11. The SMILES string of the molecule is CC[C@@H]1[C@H](C=O)N1S(=O)(=O)c1ccccc1[N+](=O)[O-]. The van der Waals surface area contributed by atoms with Gasteiger partial charge < -0.3 is 4.79 Å². The molecule has 7 nitrogen and oxygen atoms in total. The molecule has 1 aliphatic heterocycles. The molecule has 0 bridgehead atoms. The van der Waals surface area contributed by atoms with E-state index in [9.17, 15) is 23.3 Å². The second-order valence-electron chi connectivity index (χ2n) is 4.16. The highest BCUT2D eigenvalue weighted by molar-refractivity contribution is 7.89. The van der Waals surface area contributed by atoms with Gasteiger partial charge in [0.25, 0.3) is 15.7 Å². The maximum Gasteiger partial charge on any atom is 0.289 e. The fourth-order valence-electron chi connectivity index (χ4n) is 2.13. The van der Waals surface area contributed by atoms with Gasteiger partial charge in [0, 0.05) is 12.1 Å². The Balaban J connectivity index is 2.47. The second-order valence-corrected chi connectivity index (χ2v) is 5.97. The standard InChI is InChI=1S/C11H12N2O5S/c1-2-8-10(7-14)12(8)19(17,18)11-6-4-3-5-9(11)13(15)16/h3-8,10H,2H2,1H3/t8-,10+,12?/m1/s1. The van der Waals surface area contributed by atoms with Crippen LogP contribution in [0.4, 0.5) is 5.69 Å². The molecule has 102 valence electrons. The summed E-state index contributed by atoms with van der Waals surface area (Å²) >= 11 is 0. The molecule has 0 saturated carbocycles. The molecule has 8 heteroatoms. The molecule has 0 aliphatic carbocycles. The molecule has 0 radical (unpaired) electrons. The van der Waals surface area contributed by atoms with Crippen molar-refractivity contribution in [2.75, 3.05) is 0 Å². The number of carbonyl (C=O) groups is 1. The molecule has 1 aliphatic rings. The van der Waals surface area contributed by atoms with Gasteiger partial charge in [-0.15, -0.1) is 0 Å². The van der Waals surface area contributed by atoms with E-state index in [4.69, 9.17) is 0 Å². The molecule has 1 aromatic carbocycles. The van der Waals surface area contributed by atoms with E-state index in [1.165, 1.54) is 18.2 Å². The molecular formula is C11H12N2O5S. The van der Waals surface area contributed by atoms with Crippen LogP contribution in [0.1, 0.15) is 13.3 Å². The smallest absolute Gasteiger partial charge is 0.289 e. The van der Waals surface area contributed by atoms with E-state index in [0.717, 1.165) is 10.4 Å².